The average Bonchev–Trinajstić information content (AvgIpc) is 2.62. The summed E-state index contributed by atoms with van der Waals surface area (Å²) in [5.41, 5.74) is 2.33. The fourth-order valence-electron chi connectivity index (χ4n) is 2.56. The minimum atomic E-state index is -0.670. The highest BCUT2D eigenvalue weighted by Crippen LogP contribution is 2.21. The normalized spacial score (nSPS) is 15.9. The van der Waals surface area contributed by atoms with Crippen LogP contribution in [0, 0.1) is 0 Å². The summed E-state index contributed by atoms with van der Waals surface area (Å²) < 4.78 is 0.901. The third-order valence-electron chi connectivity index (χ3n) is 3.83. The molecule has 2 aromatic rings. The number of hydrogen-bond donors (Lipinski definition) is 3. The number of amides is 3. The maximum absolute atomic E-state index is 12.1. The molecule has 132 valence electrons. The number of hydrogen-bond acceptors (Lipinski definition) is 3. The summed E-state index contributed by atoms with van der Waals surface area (Å²) in [6.07, 6.45) is 2.65. The Kier molecular flexibility index (Phi) is 5.48. The Hall–Kier alpha value is -2.93. The number of fused-ring (bicyclic) bond motifs is 1. The Morgan fingerprint density at radius 1 is 1.04 bits per heavy atom. The van der Waals surface area contributed by atoms with Crippen molar-refractivity contribution in [3.63, 3.8) is 0 Å². The molecule has 2 aromatic carbocycles. The van der Waals surface area contributed by atoms with Gasteiger partial charge in [0.25, 0.3) is 0 Å². The van der Waals surface area contributed by atoms with Crippen LogP contribution >= 0.6 is 15.9 Å². The van der Waals surface area contributed by atoms with Crippen LogP contribution in [0.5, 0.6) is 0 Å². The fraction of sp³-hybridized carbons (Fsp3) is 0.105. The summed E-state index contributed by atoms with van der Waals surface area (Å²) in [6, 6.07) is 13.8. The van der Waals surface area contributed by atoms with Gasteiger partial charge in [-0.3, -0.25) is 14.4 Å². The Morgan fingerprint density at radius 2 is 1.73 bits per heavy atom. The van der Waals surface area contributed by atoms with E-state index in [1.165, 1.54) is 0 Å². The molecule has 1 atom stereocenters. The number of benzene rings is 2. The van der Waals surface area contributed by atoms with Crippen LogP contribution in [0.2, 0.25) is 0 Å². The lowest BCUT2D eigenvalue weighted by atomic mass is 9.99. The van der Waals surface area contributed by atoms with Gasteiger partial charge in [0, 0.05) is 34.4 Å². The molecule has 3 amide bonds. The van der Waals surface area contributed by atoms with Crippen molar-refractivity contribution in [3.05, 3.63) is 70.7 Å². The predicted octanol–water partition coefficient (Wildman–Crippen LogP) is 2.62. The average molecular weight is 414 g/mol. The van der Waals surface area contributed by atoms with E-state index in [1.54, 1.807) is 24.3 Å². The highest BCUT2D eigenvalue weighted by Gasteiger charge is 2.26. The summed E-state index contributed by atoms with van der Waals surface area (Å²) >= 11 is 3.31. The van der Waals surface area contributed by atoms with Crippen LogP contribution < -0.4 is 16.0 Å². The first kappa shape index (κ1) is 17.9. The van der Waals surface area contributed by atoms with Crippen LogP contribution in [0.4, 0.5) is 11.4 Å². The Labute approximate surface area is 158 Å². The van der Waals surface area contributed by atoms with Crippen LogP contribution in [0.15, 0.2) is 65.2 Å². The van der Waals surface area contributed by atoms with E-state index in [-0.39, 0.29) is 5.91 Å². The van der Waals surface area contributed by atoms with Gasteiger partial charge < -0.3 is 16.0 Å². The van der Waals surface area contributed by atoms with Crippen LogP contribution in [-0.2, 0) is 20.8 Å². The molecule has 1 heterocycles. The van der Waals surface area contributed by atoms with E-state index in [0.717, 1.165) is 27.9 Å². The number of rotatable bonds is 4. The third-order valence-corrected chi connectivity index (χ3v) is 4.36. The van der Waals surface area contributed by atoms with Gasteiger partial charge in [0.1, 0.15) is 6.04 Å². The molecule has 26 heavy (non-hydrogen) atoms. The highest BCUT2D eigenvalue weighted by atomic mass is 79.9. The molecular weight excluding hydrogens is 398 g/mol. The van der Waals surface area contributed by atoms with Gasteiger partial charge in [0.2, 0.25) is 17.7 Å². The first-order valence-electron chi connectivity index (χ1n) is 7.95. The number of carbonyl (C=O) groups excluding carboxylic acids is 3. The fourth-order valence-corrected chi connectivity index (χ4v) is 2.82. The van der Waals surface area contributed by atoms with E-state index in [9.17, 15) is 14.4 Å². The molecule has 0 saturated heterocycles. The standard InChI is InChI=1S/C19H16BrN3O3/c20-13-5-7-14(8-6-13)21-17(24)9-10-18(25)22-16-11-12-3-1-2-4-15(12)23-19(16)26/h1-10,16H,11H2,(H,21,24)(H,22,25)(H,23,26)/b10-9+. The predicted molar refractivity (Wildman–Crippen MR) is 103 cm³/mol. The number of carbonyl (C=O) groups is 3. The number of nitrogens with one attached hydrogen (secondary N) is 3. The smallest absolute Gasteiger partial charge is 0.248 e. The Bertz CT molecular complexity index is 878. The second-order valence-electron chi connectivity index (χ2n) is 5.74. The minimum absolute atomic E-state index is 0.273. The number of para-hydroxylation sites is 1. The maximum atomic E-state index is 12.1. The van der Waals surface area contributed by atoms with Crippen LogP contribution in [0.3, 0.4) is 0 Å². The molecule has 1 unspecified atom stereocenters. The van der Waals surface area contributed by atoms with Gasteiger partial charge in [-0.25, -0.2) is 0 Å². The second-order valence-corrected chi connectivity index (χ2v) is 6.66. The first-order valence-corrected chi connectivity index (χ1v) is 8.74. The summed E-state index contributed by atoms with van der Waals surface area (Å²) in [5.74, 6) is -1.21. The van der Waals surface area contributed by atoms with Crippen molar-refractivity contribution >= 4 is 45.0 Å². The van der Waals surface area contributed by atoms with Crippen LogP contribution in [0.25, 0.3) is 0 Å². The van der Waals surface area contributed by atoms with Crippen molar-refractivity contribution < 1.29 is 14.4 Å². The zero-order valence-corrected chi connectivity index (χ0v) is 15.2. The molecule has 0 aromatic heterocycles. The summed E-state index contributed by atoms with van der Waals surface area (Å²) in [5, 5.41) is 8.01. The molecule has 6 nitrogen and oxygen atoms in total. The van der Waals surface area contributed by atoms with Gasteiger partial charge in [-0.05, 0) is 35.9 Å². The topological polar surface area (TPSA) is 87.3 Å². The molecule has 0 saturated carbocycles. The van der Waals surface area contributed by atoms with Crippen LogP contribution in [-0.4, -0.2) is 23.8 Å². The van der Waals surface area contributed by atoms with Gasteiger partial charge in [-0.15, -0.1) is 0 Å². The highest BCUT2D eigenvalue weighted by molar-refractivity contribution is 9.10. The molecule has 0 radical (unpaired) electrons. The SMILES string of the molecule is O=C(/C=C/C(=O)NC1Cc2ccccc2NC1=O)Nc1ccc(Br)cc1. The first-order chi connectivity index (χ1) is 12.5. The zero-order valence-electron chi connectivity index (χ0n) is 13.7. The maximum Gasteiger partial charge on any atom is 0.248 e. The summed E-state index contributed by atoms with van der Waals surface area (Å²) in [7, 11) is 0. The summed E-state index contributed by atoms with van der Waals surface area (Å²) in [6.45, 7) is 0. The molecule has 0 bridgehead atoms. The van der Waals surface area contributed by atoms with Gasteiger partial charge >= 0.3 is 0 Å². The van der Waals surface area contributed by atoms with Gasteiger partial charge in [-0.2, -0.15) is 0 Å². The molecule has 3 rings (SSSR count). The number of halogens is 1. The lowest BCUT2D eigenvalue weighted by Gasteiger charge is -2.24. The molecule has 7 heteroatoms. The Morgan fingerprint density at radius 3 is 2.50 bits per heavy atom. The van der Waals surface area contributed by atoms with Crippen molar-refractivity contribution in [1.29, 1.82) is 0 Å². The molecule has 0 spiro atoms. The lowest BCUT2D eigenvalue weighted by Crippen LogP contribution is -2.47. The van der Waals surface area contributed by atoms with Crippen molar-refractivity contribution in [2.45, 2.75) is 12.5 Å². The van der Waals surface area contributed by atoms with Crippen LogP contribution in [0.1, 0.15) is 5.56 Å². The molecule has 0 aliphatic carbocycles. The van der Waals surface area contributed by atoms with E-state index in [4.69, 9.17) is 0 Å². The second kappa shape index (κ2) is 7.97. The van der Waals surface area contributed by atoms with Crippen molar-refractivity contribution in [3.8, 4) is 0 Å². The van der Waals surface area contributed by atoms with E-state index in [2.05, 4.69) is 31.9 Å². The van der Waals surface area contributed by atoms with E-state index in [0.29, 0.717) is 12.1 Å². The number of anilines is 2. The monoisotopic (exact) mass is 413 g/mol. The van der Waals surface area contributed by atoms with Gasteiger partial charge in [0.15, 0.2) is 0 Å². The lowest BCUT2D eigenvalue weighted by molar-refractivity contribution is -0.124. The van der Waals surface area contributed by atoms with E-state index >= 15 is 0 Å². The van der Waals surface area contributed by atoms with E-state index in [1.807, 2.05) is 24.3 Å². The third kappa shape index (κ3) is 4.58. The summed E-state index contributed by atoms with van der Waals surface area (Å²) in [4.78, 5) is 35.9. The Balaban J connectivity index is 1.55. The zero-order chi connectivity index (χ0) is 18.5. The van der Waals surface area contributed by atoms with Crippen molar-refractivity contribution in [2.24, 2.45) is 0 Å². The molecule has 0 fully saturated rings. The molecule has 1 aliphatic heterocycles. The van der Waals surface area contributed by atoms with E-state index < -0.39 is 17.9 Å². The minimum Gasteiger partial charge on any atom is -0.340 e. The van der Waals surface area contributed by atoms with Gasteiger partial charge in [0.05, 0.1) is 0 Å². The largest absolute Gasteiger partial charge is 0.340 e. The quantitative estimate of drug-likeness (QED) is 0.673. The molecule has 1 aliphatic rings. The van der Waals surface area contributed by atoms with Crippen molar-refractivity contribution in [1.82, 2.24) is 5.32 Å². The molecular formula is C19H16BrN3O3. The van der Waals surface area contributed by atoms with Gasteiger partial charge in [-0.1, -0.05) is 34.1 Å². The molecule has 3 N–H and O–H groups in total. The van der Waals surface area contributed by atoms with Crippen molar-refractivity contribution in [2.75, 3.05) is 10.6 Å².